The van der Waals surface area contributed by atoms with Gasteiger partial charge in [0.15, 0.2) is 0 Å². The molecule has 1 aliphatic rings. The first-order chi connectivity index (χ1) is 12.6. The number of urea groups is 1. The molecule has 138 valence electrons. The molecule has 5 heteroatoms. The Labute approximate surface area is 154 Å². The number of amides is 2. The molecule has 4 nitrogen and oxygen atoms in total. The second kappa shape index (κ2) is 8.81. The number of nitrogens with two attached hydrogens (primary N) is 1. The zero-order valence-electron chi connectivity index (χ0n) is 14.8. The average molecular weight is 355 g/mol. The van der Waals surface area contributed by atoms with Crippen LogP contribution in [-0.4, -0.2) is 24.7 Å². The van der Waals surface area contributed by atoms with Gasteiger partial charge in [0, 0.05) is 18.6 Å². The van der Waals surface area contributed by atoms with Gasteiger partial charge in [-0.05, 0) is 48.8 Å². The lowest BCUT2D eigenvalue weighted by molar-refractivity contribution is 0.221. The van der Waals surface area contributed by atoms with Crippen molar-refractivity contribution in [3.05, 3.63) is 71.5 Å². The van der Waals surface area contributed by atoms with Gasteiger partial charge in [-0.2, -0.15) is 0 Å². The first kappa shape index (κ1) is 18.4. The minimum atomic E-state index is -0.172. The van der Waals surface area contributed by atoms with Gasteiger partial charge in [0.1, 0.15) is 5.82 Å². The monoisotopic (exact) mass is 355 g/mol. The van der Waals surface area contributed by atoms with Crippen LogP contribution in [0.15, 0.2) is 54.6 Å². The number of halogens is 1. The van der Waals surface area contributed by atoms with Crippen LogP contribution in [0.5, 0.6) is 0 Å². The Bertz CT molecular complexity index is 716. The van der Waals surface area contributed by atoms with Gasteiger partial charge in [0.05, 0.1) is 0 Å². The summed E-state index contributed by atoms with van der Waals surface area (Å²) in [5.41, 5.74) is 8.07. The van der Waals surface area contributed by atoms with E-state index in [1.54, 1.807) is 6.07 Å². The molecule has 1 fully saturated rings. The minimum absolute atomic E-state index is 0.0202. The van der Waals surface area contributed by atoms with E-state index in [0.717, 1.165) is 31.2 Å². The number of benzene rings is 2. The maximum Gasteiger partial charge on any atom is 0.315 e. The summed E-state index contributed by atoms with van der Waals surface area (Å²) in [4.78, 5) is 12.0. The van der Waals surface area contributed by atoms with Gasteiger partial charge in [-0.3, -0.25) is 0 Å². The van der Waals surface area contributed by atoms with Crippen molar-refractivity contribution in [2.75, 3.05) is 6.54 Å². The third-order valence-electron chi connectivity index (χ3n) is 4.96. The van der Waals surface area contributed by atoms with Crippen molar-refractivity contribution >= 4 is 6.03 Å². The lowest BCUT2D eigenvalue weighted by Gasteiger charge is -2.36. The van der Waals surface area contributed by atoms with Crippen LogP contribution in [0.2, 0.25) is 0 Å². The number of hydrogen-bond donors (Lipinski definition) is 3. The van der Waals surface area contributed by atoms with Gasteiger partial charge in [-0.1, -0.05) is 48.5 Å². The molecule has 1 unspecified atom stereocenters. The molecule has 1 saturated carbocycles. The van der Waals surface area contributed by atoms with E-state index in [-0.39, 0.29) is 29.8 Å². The Morgan fingerprint density at radius 1 is 1.12 bits per heavy atom. The fourth-order valence-corrected chi connectivity index (χ4v) is 3.42. The molecular formula is C21H26FN3O. The molecule has 2 aromatic carbocycles. The topological polar surface area (TPSA) is 67.1 Å². The summed E-state index contributed by atoms with van der Waals surface area (Å²) < 4.78 is 13.7. The molecule has 0 aliphatic heterocycles. The van der Waals surface area contributed by atoms with Crippen LogP contribution in [0.3, 0.4) is 0 Å². The quantitative estimate of drug-likeness (QED) is 0.713. The van der Waals surface area contributed by atoms with Crippen molar-refractivity contribution < 1.29 is 9.18 Å². The molecule has 1 aliphatic carbocycles. The standard InChI is InChI=1S/C21H26FN3O/c22-20-9-5-4-8-19(20)16-13-18(14-16)25-21(26)24-11-10-17(23)12-15-6-2-1-3-7-15/h1-9,16-18H,10-14,23H2,(H2,24,25,26). The lowest BCUT2D eigenvalue weighted by atomic mass is 9.76. The van der Waals surface area contributed by atoms with Gasteiger partial charge in [0.25, 0.3) is 0 Å². The molecule has 0 saturated heterocycles. The number of nitrogens with one attached hydrogen (secondary N) is 2. The Hall–Kier alpha value is -2.40. The molecule has 0 heterocycles. The van der Waals surface area contributed by atoms with E-state index in [9.17, 15) is 9.18 Å². The molecule has 3 rings (SSSR count). The van der Waals surface area contributed by atoms with Gasteiger partial charge in [-0.25, -0.2) is 9.18 Å². The number of carbonyl (C=O) groups is 1. The maximum atomic E-state index is 13.7. The molecule has 26 heavy (non-hydrogen) atoms. The molecule has 0 radical (unpaired) electrons. The highest BCUT2D eigenvalue weighted by Gasteiger charge is 2.32. The fourth-order valence-electron chi connectivity index (χ4n) is 3.42. The highest BCUT2D eigenvalue weighted by Crippen LogP contribution is 2.37. The normalized spacial score (nSPS) is 20.1. The summed E-state index contributed by atoms with van der Waals surface area (Å²) in [7, 11) is 0. The largest absolute Gasteiger partial charge is 0.338 e. The average Bonchev–Trinajstić information content (AvgIpc) is 2.59. The minimum Gasteiger partial charge on any atom is -0.338 e. The van der Waals surface area contributed by atoms with E-state index in [4.69, 9.17) is 5.73 Å². The van der Waals surface area contributed by atoms with Crippen LogP contribution in [0, 0.1) is 5.82 Å². The number of hydrogen-bond acceptors (Lipinski definition) is 2. The van der Waals surface area contributed by atoms with Crippen LogP contribution in [-0.2, 0) is 6.42 Å². The third kappa shape index (κ3) is 5.05. The molecule has 1 atom stereocenters. The first-order valence-corrected chi connectivity index (χ1v) is 9.20. The summed E-state index contributed by atoms with van der Waals surface area (Å²) >= 11 is 0. The van der Waals surface area contributed by atoms with Crippen LogP contribution in [0.25, 0.3) is 0 Å². The lowest BCUT2D eigenvalue weighted by Crippen LogP contribution is -2.48. The summed E-state index contributed by atoms with van der Waals surface area (Å²) in [6, 6.07) is 16.9. The molecule has 0 aromatic heterocycles. The molecule has 2 amide bonds. The van der Waals surface area contributed by atoms with Crippen molar-refractivity contribution in [2.45, 2.75) is 43.7 Å². The molecule has 4 N–H and O–H groups in total. The van der Waals surface area contributed by atoms with Crippen LogP contribution < -0.4 is 16.4 Å². The van der Waals surface area contributed by atoms with Gasteiger partial charge in [-0.15, -0.1) is 0 Å². The number of rotatable bonds is 7. The van der Waals surface area contributed by atoms with Crippen molar-refractivity contribution in [1.29, 1.82) is 0 Å². The van der Waals surface area contributed by atoms with Gasteiger partial charge < -0.3 is 16.4 Å². The molecule has 0 spiro atoms. The predicted octanol–water partition coefficient (Wildman–Crippen LogP) is 3.33. The van der Waals surface area contributed by atoms with E-state index >= 15 is 0 Å². The Morgan fingerprint density at radius 2 is 1.81 bits per heavy atom. The molecular weight excluding hydrogens is 329 g/mol. The van der Waals surface area contributed by atoms with Crippen molar-refractivity contribution in [3.8, 4) is 0 Å². The van der Waals surface area contributed by atoms with Crippen LogP contribution in [0.4, 0.5) is 9.18 Å². The SMILES string of the molecule is NC(CCNC(=O)NC1CC(c2ccccc2F)C1)Cc1ccccc1. The summed E-state index contributed by atoms with van der Waals surface area (Å²) in [5.74, 6) is 0.0357. The maximum absolute atomic E-state index is 13.7. The second-order valence-corrected chi connectivity index (χ2v) is 7.03. The van der Waals surface area contributed by atoms with Gasteiger partial charge in [0.2, 0.25) is 0 Å². The highest BCUT2D eigenvalue weighted by molar-refractivity contribution is 5.74. The second-order valence-electron chi connectivity index (χ2n) is 7.03. The summed E-state index contributed by atoms with van der Waals surface area (Å²) in [5, 5.41) is 5.81. The van der Waals surface area contributed by atoms with Crippen LogP contribution in [0.1, 0.15) is 36.3 Å². The van der Waals surface area contributed by atoms with E-state index in [0.29, 0.717) is 6.54 Å². The van der Waals surface area contributed by atoms with Crippen molar-refractivity contribution in [3.63, 3.8) is 0 Å². The van der Waals surface area contributed by atoms with E-state index in [1.807, 2.05) is 30.3 Å². The molecule has 0 bridgehead atoms. The molecule has 2 aromatic rings. The van der Waals surface area contributed by atoms with E-state index < -0.39 is 0 Å². The Balaban J connectivity index is 1.31. The zero-order chi connectivity index (χ0) is 18.4. The number of carbonyl (C=O) groups excluding carboxylic acids is 1. The van der Waals surface area contributed by atoms with Gasteiger partial charge >= 0.3 is 6.03 Å². The first-order valence-electron chi connectivity index (χ1n) is 9.20. The van der Waals surface area contributed by atoms with Crippen LogP contribution >= 0.6 is 0 Å². The highest BCUT2D eigenvalue weighted by atomic mass is 19.1. The van der Waals surface area contributed by atoms with E-state index in [2.05, 4.69) is 22.8 Å². The summed E-state index contributed by atoms with van der Waals surface area (Å²) in [6.07, 6.45) is 3.09. The van der Waals surface area contributed by atoms with Crippen molar-refractivity contribution in [2.24, 2.45) is 5.73 Å². The Kier molecular flexibility index (Phi) is 6.23. The predicted molar refractivity (Wildman–Crippen MR) is 101 cm³/mol. The smallest absolute Gasteiger partial charge is 0.315 e. The zero-order valence-corrected chi connectivity index (χ0v) is 14.8. The van der Waals surface area contributed by atoms with E-state index in [1.165, 1.54) is 11.6 Å². The summed E-state index contributed by atoms with van der Waals surface area (Å²) in [6.45, 7) is 0.545. The van der Waals surface area contributed by atoms with Crippen molar-refractivity contribution in [1.82, 2.24) is 10.6 Å². The third-order valence-corrected chi connectivity index (χ3v) is 4.96. The Morgan fingerprint density at radius 3 is 2.54 bits per heavy atom. The fraction of sp³-hybridized carbons (Fsp3) is 0.381.